The van der Waals surface area contributed by atoms with Crippen LogP contribution in [0.4, 0.5) is 0 Å². The smallest absolute Gasteiger partial charge is 0.305 e. The number of amides is 1. The number of carbonyl (C=O) groups excluding carboxylic acids is 1. The number of nitrogens with zero attached hydrogens (tertiary/aromatic N) is 1. The fourth-order valence-electron chi connectivity index (χ4n) is 2.81. The number of aliphatic carboxylic acids is 1. The van der Waals surface area contributed by atoms with Crippen LogP contribution < -0.4 is 9.47 Å². The molecule has 1 aromatic rings. The number of hydrogen-bond donors (Lipinski definition) is 1. The fourth-order valence-corrected chi connectivity index (χ4v) is 2.81. The van der Waals surface area contributed by atoms with E-state index in [1.807, 2.05) is 13.0 Å². The lowest BCUT2D eigenvalue weighted by molar-refractivity contribution is -0.140. The Bertz CT molecular complexity index is 576. The summed E-state index contributed by atoms with van der Waals surface area (Å²) in [7, 11) is 1.56. The zero-order valence-electron chi connectivity index (χ0n) is 13.9. The van der Waals surface area contributed by atoms with Crippen molar-refractivity contribution in [1.82, 2.24) is 4.90 Å². The number of hydrogen-bond acceptors (Lipinski definition) is 5. The Morgan fingerprint density at radius 2 is 1.92 bits per heavy atom. The first-order chi connectivity index (χ1) is 11.5. The monoisotopic (exact) mass is 337 g/mol. The average molecular weight is 337 g/mol. The van der Waals surface area contributed by atoms with Crippen LogP contribution in [-0.4, -0.2) is 60.9 Å². The minimum absolute atomic E-state index is 0.0961. The van der Waals surface area contributed by atoms with Gasteiger partial charge >= 0.3 is 5.97 Å². The number of likely N-dealkylation sites (tertiary alicyclic amines) is 1. The summed E-state index contributed by atoms with van der Waals surface area (Å²) in [6.07, 6.45) is 0.277. The molecule has 0 radical (unpaired) electrons. The zero-order valence-corrected chi connectivity index (χ0v) is 13.9. The summed E-state index contributed by atoms with van der Waals surface area (Å²) < 4.78 is 16.3. The highest BCUT2D eigenvalue weighted by atomic mass is 16.5. The van der Waals surface area contributed by atoms with Crippen molar-refractivity contribution in [1.29, 1.82) is 0 Å². The van der Waals surface area contributed by atoms with Crippen LogP contribution in [0.5, 0.6) is 11.5 Å². The van der Waals surface area contributed by atoms with Crippen molar-refractivity contribution in [2.24, 2.45) is 0 Å². The van der Waals surface area contributed by atoms with Gasteiger partial charge in [0.1, 0.15) is 0 Å². The van der Waals surface area contributed by atoms with E-state index in [-0.39, 0.29) is 31.1 Å². The SMILES string of the molecule is CCOc1ccccc1OCC(=O)N1CC(OC)CC1CC(=O)O. The van der Waals surface area contributed by atoms with Gasteiger partial charge < -0.3 is 24.2 Å². The third kappa shape index (κ3) is 4.61. The third-order valence-corrected chi connectivity index (χ3v) is 3.94. The van der Waals surface area contributed by atoms with E-state index in [9.17, 15) is 9.59 Å². The molecule has 7 heteroatoms. The molecule has 1 heterocycles. The van der Waals surface area contributed by atoms with Crippen LogP contribution in [0, 0.1) is 0 Å². The van der Waals surface area contributed by atoms with Crippen molar-refractivity contribution < 1.29 is 28.9 Å². The standard InChI is InChI=1S/C17H23NO6/c1-3-23-14-6-4-5-7-15(14)24-11-16(19)18-10-13(22-2)8-12(18)9-17(20)21/h4-7,12-13H,3,8-11H2,1-2H3,(H,20,21). The summed E-state index contributed by atoms with van der Waals surface area (Å²) in [5.74, 6) is -0.125. The zero-order chi connectivity index (χ0) is 17.5. The normalized spacial score (nSPS) is 20.0. The summed E-state index contributed by atoms with van der Waals surface area (Å²) in [6, 6.07) is 6.76. The number of ether oxygens (including phenoxy) is 3. The molecule has 0 aromatic heterocycles. The molecule has 2 rings (SSSR count). The quantitative estimate of drug-likeness (QED) is 0.775. The predicted molar refractivity (Wildman–Crippen MR) is 86.3 cm³/mol. The lowest BCUT2D eigenvalue weighted by atomic mass is 10.1. The Hall–Kier alpha value is -2.28. The van der Waals surface area contributed by atoms with Gasteiger partial charge in [-0.2, -0.15) is 0 Å². The lowest BCUT2D eigenvalue weighted by Gasteiger charge is -2.23. The summed E-state index contributed by atoms with van der Waals surface area (Å²) in [5.41, 5.74) is 0. The first-order valence-electron chi connectivity index (χ1n) is 7.93. The number of methoxy groups -OCH3 is 1. The van der Waals surface area contributed by atoms with Gasteiger partial charge in [-0.25, -0.2) is 0 Å². The van der Waals surface area contributed by atoms with E-state index < -0.39 is 5.97 Å². The Morgan fingerprint density at radius 3 is 2.50 bits per heavy atom. The van der Waals surface area contributed by atoms with Gasteiger partial charge in [0.2, 0.25) is 0 Å². The molecule has 0 saturated carbocycles. The topological polar surface area (TPSA) is 85.3 Å². The van der Waals surface area contributed by atoms with Gasteiger partial charge in [-0.1, -0.05) is 12.1 Å². The van der Waals surface area contributed by atoms with Gasteiger partial charge in [0.25, 0.3) is 5.91 Å². The molecular weight excluding hydrogens is 314 g/mol. The van der Waals surface area contributed by atoms with Crippen molar-refractivity contribution in [3.8, 4) is 11.5 Å². The van der Waals surface area contributed by atoms with E-state index >= 15 is 0 Å². The maximum Gasteiger partial charge on any atom is 0.305 e. The predicted octanol–water partition coefficient (Wildman–Crippen LogP) is 1.55. The molecule has 7 nitrogen and oxygen atoms in total. The van der Waals surface area contributed by atoms with E-state index in [1.54, 1.807) is 25.3 Å². The second kappa shape index (κ2) is 8.54. The molecule has 1 saturated heterocycles. The number of carboxylic acids is 1. The van der Waals surface area contributed by atoms with Gasteiger partial charge in [-0.15, -0.1) is 0 Å². The first kappa shape index (κ1) is 18.1. The highest BCUT2D eigenvalue weighted by Gasteiger charge is 2.36. The summed E-state index contributed by atoms with van der Waals surface area (Å²) >= 11 is 0. The Morgan fingerprint density at radius 1 is 1.25 bits per heavy atom. The van der Waals surface area contributed by atoms with Gasteiger partial charge in [-0.3, -0.25) is 9.59 Å². The second-order valence-corrected chi connectivity index (χ2v) is 5.56. The number of carbonyl (C=O) groups is 2. The van der Waals surface area contributed by atoms with E-state index in [4.69, 9.17) is 19.3 Å². The molecule has 0 bridgehead atoms. The second-order valence-electron chi connectivity index (χ2n) is 5.56. The lowest BCUT2D eigenvalue weighted by Crippen LogP contribution is -2.40. The van der Waals surface area contributed by atoms with E-state index in [1.165, 1.54) is 4.90 Å². The van der Waals surface area contributed by atoms with Crippen LogP contribution in [0.3, 0.4) is 0 Å². The average Bonchev–Trinajstić information content (AvgIpc) is 2.96. The molecular formula is C17H23NO6. The van der Waals surface area contributed by atoms with Crippen molar-refractivity contribution in [2.45, 2.75) is 31.9 Å². The minimum Gasteiger partial charge on any atom is -0.490 e. The Labute approximate surface area is 141 Å². The molecule has 132 valence electrons. The molecule has 2 unspecified atom stereocenters. The fraction of sp³-hybridized carbons (Fsp3) is 0.529. The molecule has 1 N–H and O–H groups in total. The molecule has 1 fully saturated rings. The van der Waals surface area contributed by atoms with Gasteiger partial charge in [0.05, 0.1) is 19.1 Å². The Kier molecular flexibility index (Phi) is 6.43. The summed E-state index contributed by atoms with van der Waals surface area (Å²) in [6.45, 7) is 2.57. The first-order valence-corrected chi connectivity index (χ1v) is 7.93. The van der Waals surface area contributed by atoms with E-state index in [0.717, 1.165) is 0 Å². The molecule has 24 heavy (non-hydrogen) atoms. The van der Waals surface area contributed by atoms with Crippen LogP contribution in [-0.2, 0) is 14.3 Å². The van der Waals surface area contributed by atoms with Crippen molar-refractivity contribution in [2.75, 3.05) is 26.9 Å². The number of benzene rings is 1. The number of para-hydroxylation sites is 2. The maximum atomic E-state index is 12.5. The third-order valence-electron chi connectivity index (χ3n) is 3.94. The summed E-state index contributed by atoms with van der Waals surface area (Å²) in [5, 5.41) is 9.01. The summed E-state index contributed by atoms with van der Waals surface area (Å²) in [4.78, 5) is 25.0. The van der Waals surface area contributed by atoms with Crippen molar-refractivity contribution >= 4 is 11.9 Å². The van der Waals surface area contributed by atoms with E-state index in [0.29, 0.717) is 31.1 Å². The van der Waals surface area contributed by atoms with Crippen LogP contribution in [0.15, 0.2) is 24.3 Å². The number of rotatable bonds is 8. The van der Waals surface area contributed by atoms with Crippen LogP contribution in [0.1, 0.15) is 19.8 Å². The van der Waals surface area contributed by atoms with Crippen LogP contribution >= 0.6 is 0 Å². The van der Waals surface area contributed by atoms with Crippen LogP contribution in [0.2, 0.25) is 0 Å². The number of carboxylic acid groups (broad SMARTS) is 1. The highest BCUT2D eigenvalue weighted by molar-refractivity contribution is 5.79. The molecule has 2 atom stereocenters. The molecule has 1 aliphatic heterocycles. The maximum absolute atomic E-state index is 12.5. The molecule has 1 aromatic carbocycles. The molecule has 0 aliphatic carbocycles. The van der Waals surface area contributed by atoms with E-state index in [2.05, 4.69) is 0 Å². The van der Waals surface area contributed by atoms with Gasteiger partial charge in [0.15, 0.2) is 18.1 Å². The Balaban J connectivity index is 1.99. The minimum atomic E-state index is -0.933. The molecule has 0 spiro atoms. The van der Waals surface area contributed by atoms with Crippen molar-refractivity contribution in [3.63, 3.8) is 0 Å². The van der Waals surface area contributed by atoms with Crippen LogP contribution in [0.25, 0.3) is 0 Å². The largest absolute Gasteiger partial charge is 0.490 e. The molecule has 1 amide bonds. The van der Waals surface area contributed by atoms with Crippen molar-refractivity contribution in [3.05, 3.63) is 24.3 Å². The van der Waals surface area contributed by atoms with Gasteiger partial charge in [-0.05, 0) is 25.5 Å². The van der Waals surface area contributed by atoms with Gasteiger partial charge in [0, 0.05) is 19.7 Å². The molecule has 1 aliphatic rings. The highest BCUT2D eigenvalue weighted by Crippen LogP contribution is 2.27.